The van der Waals surface area contributed by atoms with Crippen molar-refractivity contribution < 1.29 is 4.79 Å². The molecule has 0 radical (unpaired) electrons. The Morgan fingerprint density at radius 2 is 2.07 bits per heavy atom. The molecule has 7 heteroatoms. The highest BCUT2D eigenvalue weighted by atomic mass is 16.2. The Morgan fingerprint density at radius 1 is 1.29 bits per heavy atom. The van der Waals surface area contributed by atoms with Crippen LogP contribution in [0, 0.1) is 11.3 Å². The molecule has 1 saturated carbocycles. The van der Waals surface area contributed by atoms with Gasteiger partial charge in [0.05, 0.1) is 11.8 Å². The van der Waals surface area contributed by atoms with Crippen LogP contribution in [0.5, 0.6) is 0 Å². The Kier molecular flexibility index (Phi) is 5.25. The molecule has 1 unspecified atom stereocenters. The fraction of sp³-hybridized carbons (Fsp3) is 0.714. The van der Waals surface area contributed by atoms with Gasteiger partial charge in [-0.15, -0.1) is 10.2 Å². The zero-order chi connectivity index (χ0) is 19.7. The number of carbonyl (C=O) groups is 1. The van der Waals surface area contributed by atoms with E-state index in [1.807, 2.05) is 29.0 Å². The van der Waals surface area contributed by atoms with Gasteiger partial charge in [0.15, 0.2) is 0 Å². The molecule has 3 heterocycles. The zero-order valence-corrected chi connectivity index (χ0v) is 17.3. The quantitative estimate of drug-likeness (QED) is 0.793. The van der Waals surface area contributed by atoms with Crippen molar-refractivity contribution >= 4 is 5.91 Å². The van der Waals surface area contributed by atoms with Crippen LogP contribution >= 0.6 is 0 Å². The second-order valence-corrected chi connectivity index (χ2v) is 8.98. The molecule has 152 valence electrons. The van der Waals surface area contributed by atoms with Gasteiger partial charge in [0.2, 0.25) is 0 Å². The number of hydrogen-bond acceptors (Lipinski definition) is 4. The van der Waals surface area contributed by atoms with Crippen molar-refractivity contribution in [3.63, 3.8) is 0 Å². The molecule has 0 bridgehead atoms. The molecule has 2 fully saturated rings. The van der Waals surface area contributed by atoms with E-state index in [-0.39, 0.29) is 17.2 Å². The maximum Gasteiger partial charge on any atom is 0.257 e. The summed E-state index contributed by atoms with van der Waals surface area (Å²) in [5.74, 6) is 1.97. The summed E-state index contributed by atoms with van der Waals surface area (Å²) < 4.78 is 4.03. The van der Waals surface area contributed by atoms with Crippen molar-refractivity contribution in [1.82, 2.24) is 29.4 Å². The number of aryl methyl sites for hydroxylation is 1. The lowest BCUT2D eigenvalue weighted by Crippen LogP contribution is -2.34. The third kappa shape index (κ3) is 3.47. The standard InChI is InChI=1S/C21H32N6O/c1-4-27-12-17(10-23-27)20(28)25-13-18(21(14-25)8-6-5-7-9-21)19-24-22-15-26(19)11-16(2)3/h10,12,15-16,18H,4-9,11,13-14H2,1-3H3. The van der Waals surface area contributed by atoms with Gasteiger partial charge in [0.25, 0.3) is 5.91 Å². The Morgan fingerprint density at radius 3 is 2.75 bits per heavy atom. The van der Waals surface area contributed by atoms with Crippen molar-refractivity contribution in [3.05, 3.63) is 30.1 Å². The molecule has 1 saturated heterocycles. The van der Waals surface area contributed by atoms with E-state index in [2.05, 4.69) is 33.7 Å². The van der Waals surface area contributed by atoms with Gasteiger partial charge in [-0.25, -0.2) is 0 Å². The molecule has 1 amide bonds. The lowest BCUT2D eigenvalue weighted by molar-refractivity contribution is 0.0758. The van der Waals surface area contributed by atoms with E-state index in [9.17, 15) is 4.79 Å². The molecule has 2 aromatic heterocycles. The number of carbonyl (C=O) groups excluding carboxylic acids is 1. The Balaban J connectivity index is 1.63. The first kappa shape index (κ1) is 19.2. The predicted molar refractivity (Wildman–Crippen MR) is 107 cm³/mol. The first-order valence-electron chi connectivity index (χ1n) is 10.7. The van der Waals surface area contributed by atoms with Gasteiger partial charge in [0.1, 0.15) is 12.2 Å². The molecule has 0 aromatic carbocycles. The average molecular weight is 385 g/mol. The van der Waals surface area contributed by atoms with E-state index in [4.69, 9.17) is 0 Å². The maximum atomic E-state index is 13.2. The Bertz CT molecular complexity index is 816. The molecule has 1 atom stereocenters. The number of hydrogen-bond donors (Lipinski definition) is 0. The van der Waals surface area contributed by atoms with Gasteiger partial charge in [-0.3, -0.25) is 9.48 Å². The summed E-state index contributed by atoms with van der Waals surface area (Å²) in [4.78, 5) is 15.3. The number of amides is 1. The van der Waals surface area contributed by atoms with Crippen LogP contribution in [0.2, 0.25) is 0 Å². The summed E-state index contributed by atoms with van der Waals surface area (Å²) in [6, 6.07) is 0. The van der Waals surface area contributed by atoms with Gasteiger partial charge in [0, 0.05) is 38.3 Å². The minimum atomic E-state index is 0.0991. The summed E-state index contributed by atoms with van der Waals surface area (Å²) in [5, 5.41) is 13.1. The summed E-state index contributed by atoms with van der Waals surface area (Å²) >= 11 is 0. The van der Waals surface area contributed by atoms with E-state index < -0.39 is 0 Å². The van der Waals surface area contributed by atoms with Gasteiger partial charge < -0.3 is 9.47 Å². The topological polar surface area (TPSA) is 68.8 Å². The molecule has 4 rings (SSSR count). The molecule has 28 heavy (non-hydrogen) atoms. The number of likely N-dealkylation sites (tertiary alicyclic amines) is 1. The lowest BCUT2D eigenvalue weighted by Gasteiger charge is -2.37. The minimum absolute atomic E-state index is 0.0991. The summed E-state index contributed by atoms with van der Waals surface area (Å²) in [7, 11) is 0. The second-order valence-electron chi connectivity index (χ2n) is 8.98. The third-order valence-electron chi connectivity index (χ3n) is 6.51. The maximum absolute atomic E-state index is 13.2. The van der Waals surface area contributed by atoms with Gasteiger partial charge in [-0.1, -0.05) is 33.1 Å². The number of aromatic nitrogens is 5. The van der Waals surface area contributed by atoms with Crippen molar-refractivity contribution in [2.75, 3.05) is 13.1 Å². The van der Waals surface area contributed by atoms with Crippen LogP contribution in [0.4, 0.5) is 0 Å². The normalized spacial score (nSPS) is 21.7. The summed E-state index contributed by atoms with van der Waals surface area (Å²) in [6.45, 7) is 9.72. The first-order valence-corrected chi connectivity index (χ1v) is 10.7. The summed E-state index contributed by atoms with van der Waals surface area (Å²) in [6.07, 6.45) is 11.5. The second kappa shape index (κ2) is 7.68. The number of nitrogens with zero attached hydrogens (tertiary/aromatic N) is 6. The SMILES string of the molecule is CCn1cc(C(=O)N2CC(c3nncn3CC(C)C)C3(CCCCC3)C2)cn1. The monoisotopic (exact) mass is 384 g/mol. The fourth-order valence-electron chi connectivity index (χ4n) is 5.14. The predicted octanol–water partition coefficient (Wildman–Crippen LogP) is 3.34. The van der Waals surface area contributed by atoms with Crippen LogP contribution in [0.25, 0.3) is 0 Å². The van der Waals surface area contributed by atoms with Crippen molar-refractivity contribution in [2.24, 2.45) is 11.3 Å². The van der Waals surface area contributed by atoms with E-state index in [0.717, 1.165) is 32.0 Å². The Labute approximate surface area is 167 Å². The molecule has 7 nitrogen and oxygen atoms in total. The highest BCUT2D eigenvalue weighted by molar-refractivity contribution is 5.94. The van der Waals surface area contributed by atoms with Crippen LogP contribution in [0.1, 0.15) is 75.0 Å². The van der Waals surface area contributed by atoms with Crippen LogP contribution in [0.15, 0.2) is 18.7 Å². The van der Waals surface area contributed by atoms with E-state index in [1.54, 1.807) is 6.20 Å². The van der Waals surface area contributed by atoms with Crippen molar-refractivity contribution in [1.29, 1.82) is 0 Å². The van der Waals surface area contributed by atoms with E-state index in [0.29, 0.717) is 11.5 Å². The lowest BCUT2D eigenvalue weighted by atomic mass is 9.67. The van der Waals surface area contributed by atoms with Crippen LogP contribution in [0.3, 0.4) is 0 Å². The molecule has 2 aliphatic rings. The zero-order valence-electron chi connectivity index (χ0n) is 17.3. The molecular formula is C21H32N6O. The molecule has 0 N–H and O–H groups in total. The van der Waals surface area contributed by atoms with Gasteiger partial charge in [-0.2, -0.15) is 5.10 Å². The average Bonchev–Trinajstić information content (AvgIpc) is 3.40. The highest BCUT2D eigenvalue weighted by Crippen LogP contribution is 2.51. The highest BCUT2D eigenvalue weighted by Gasteiger charge is 2.50. The minimum Gasteiger partial charge on any atom is -0.337 e. The van der Waals surface area contributed by atoms with Crippen LogP contribution in [-0.2, 0) is 13.1 Å². The number of rotatable bonds is 5. The van der Waals surface area contributed by atoms with Crippen LogP contribution < -0.4 is 0 Å². The van der Waals surface area contributed by atoms with Gasteiger partial charge in [-0.05, 0) is 31.1 Å². The smallest absolute Gasteiger partial charge is 0.257 e. The van der Waals surface area contributed by atoms with Crippen molar-refractivity contribution in [3.8, 4) is 0 Å². The molecular weight excluding hydrogens is 352 g/mol. The van der Waals surface area contributed by atoms with E-state index >= 15 is 0 Å². The molecule has 1 spiro atoms. The van der Waals surface area contributed by atoms with Crippen molar-refractivity contribution in [2.45, 2.75) is 71.9 Å². The van der Waals surface area contributed by atoms with Crippen LogP contribution in [-0.4, -0.2) is 48.4 Å². The molecule has 1 aliphatic carbocycles. The van der Waals surface area contributed by atoms with E-state index in [1.165, 1.54) is 32.1 Å². The largest absolute Gasteiger partial charge is 0.337 e. The first-order chi connectivity index (χ1) is 13.5. The third-order valence-corrected chi connectivity index (χ3v) is 6.51. The molecule has 2 aromatic rings. The summed E-state index contributed by atoms with van der Waals surface area (Å²) in [5.41, 5.74) is 0.827. The molecule has 1 aliphatic heterocycles. The Hall–Kier alpha value is -2.18. The fourth-order valence-corrected chi connectivity index (χ4v) is 5.14. The van der Waals surface area contributed by atoms with Gasteiger partial charge >= 0.3 is 0 Å².